The molecule has 0 fully saturated rings. The fourth-order valence-corrected chi connectivity index (χ4v) is 2.68. The van der Waals surface area contributed by atoms with Crippen molar-refractivity contribution < 1.29 is 9.53 Å². The minimum Gasteiger partial charge on any atom is -0.496 e. The third kappa shape index (κ3) is 4.76. The fourth-order valence-electron chi connectivity index (χ4n) is 1.97. The van der Waals surface area contributed by atoms with Gasteiger partial charge in [-0.3, -0.25) is 4.79 Å². The van der Waals surface area contributed by atoms with Crippen molar-refractivity contribution in [3.05, 3.63) is 57.8 Å². The second-order valence-electron chi connectivity index (χ2n) is 4.70. The molecule has 0 unspecified atom stereocenters. The van der Waals surface area contributed by atoms with Gasteiger partial charge >= 0.3 is 0 Å². The first-order valence-corrected chi connectivity index (χ1v) is 7.70. The number of methoxy groups -OCH3 is 1. The molecule has 0 aliphatic rings. The van der Waals surface area contributed by atoms with Crippen LogP contribution in [0.3, 0.4) is 0 Å². The van der Waals surface area contributed by atoms with Gasteiger partial charge < -0.3 is 10.1 Å². The lowest BCUT2D eigenvalue weighted by Crippen LogP contribution is -2.23. The van der Waals surface area contributed by atoms with Crippen LogP contribution in [0, 0.1) is 6.92 Å². The molecule has 1 N–H and O–H groups in total. The quantitative estimate of drug-likeness (QED) is 0.830. The van der Waals surface area contributed by atoms with Crippen LogP contribution in [0.15, 0.2) is 41.8 Å². The lowest BCUT2D eigenvalue weighted by atomic mass is 10.1. The number of hydrogen-bond acceptors (Lipinski definition) is 3. The van der Waals surface area contributed by atoms with Gasteiger partial charge in [0.25, 0.3) is 0 Å². The number of benzene rings is 1. The average molecular weight is 301 g/mol. The molecule has 2 aromatic rings. The van der Waals surface area contributed by atoms with E-state index in [2.05, 4.69) is 11.4 Å². The maximum Gasteiger partial charge on any atom is 0.244 e. The topological polar surface area (TPSA) is 38.3 Å². The highest BCUT2D eigenvalue weighted by Gasteiger charge is 2.01. The zero-order valence-electron chi connectivity index (χ0n) is 12.3. The maximum atomic E-state index is 11.8. The normalized spacial score (nSPS) is 10.8. The van der Waals surface area contributed by atoms with Crippen LogP contribution in [0.1, 0.15) is 16.0 Å². The van der Waals surface area contributed by atoms with Crippen molar-refractivity contribution in [2.45, 2.75) is 13.3 Å². The molecule has 0 radical (unpaired) electrons. The number of carbonyl (C=O) groups excluding carboxylic acids is 1. The van der Waals surface area contributed by atoms with E-state index in [9.17, 15) is 4.79 Å². The standard InChI is InChI=1S/C17H19NO2S/c1-13-5-7-16(20-2)14(12-13)6-8-17(19)18-10-9-15-4-3-11-21-15/h3-8,11-12H,9-10H2,1-2H3,(H,18,19)/b8-6+. The molecule has 0 saturated heterocycles. The Morgan fingerprint density at radius 2 is 2.24 bits per heavy atom. The lowest BCUT2D eigenvalue weighted by Gasteiger charge is -2.05. The van der Waals surface area contributed by atoms with Gasteiger partial charge in [-0.15, -0.1) is 11.3 Å². The smallest absolute Gasteiger partial charge is 0.244 e. The summed E-state index contributed by atoms with van der Waals surface area (Å²) in [6.07, 6.45) is 4.20. The number of amides is 1. The highest BCUT2D eigenvalue weighted by molar-refractivity contribution is 7.09. The Morgan fingerprint density at radius 1 is 1.38 bits per heavy atom. The van der Waals surface area contributed by atoms with Gasteiger partial charge in [0.2, 0.25) is 5.91 Å². The summed E-state index contributed by atoms with van der Waals surface area (Å²) in [5.41, 5.74) is 2.04. The molecular weight excluding hydrogens is 282 g/mol. The predicted molar refractivity (Wildman–Crippen MR) is 87.8 cm³/mol. The molecule has 4 heteroatoms. The van der Waals surface area contributed by atoms with Crippen molar-refractivity contribution in [1.82, 2.24) is 5.32 Å². The van der Waals surface area contributed by atoms with E-state index in [0.29, 0.717) is 6.54 Å². The Balaban J connectivity index is 1.88. The molecule has 0 saturated carbocycles. The van der Waals surface area contributed by atoms with Gasteiger partial charge in [-0.25, -0.2) is 0 Å². The van der Waals surface area contributed by atoms with E-state index in [1.54, 1.807) is 30.6 Å². The van der Waals surface area contributed by atoms with Gasteiger partial charge in [-0.1, -0.05) is 17.7 Å². The molecular formula is C17H19NO2S. The van der Waals surface area contributed by atoms with Crippen molar-refractivity contribution in [2.24, 2.45) is 0 Å². The van der Waals surface area contributed by atoms with Gasteiger partial charge in [-0.2, -0.15) is 0 Å². The van der Waals surface area contributed by atoms with E-state index in [4.69, 9.17) is 4.74 Å². The highest BCUT2D eigenvalue weighted by Crippen LogP contribution is 2.20. The Kier molecular flexibility index (Phi) is 5.58. The van der Waals surface area contributed by atoms with E-state index >= 15 is 0 Å². The lowest BCUT2D eigenvalue weighted by molar-refractivity contribution is -0.116. The number of rotatable bonds is 6. The van der Waals surface area contributed by atoms with E-state index in [1.165, 1.54) is 4.88 Å². The third-order valence-electron chi connectivity index (χ3n) is 3.05. The molecule has 110 valence electrons. The molecule has 3 nitrogen and oxygen atoms in total. The largest absolute Gasteiger partial charge is 0.496 e. The molecule has 0 bridgehead atoms. The second kappa shape index (κ2) is 7.64. The Hall–Kier alpha value is -2.07. The number of ether oxygens (including phenoxy) is 1. The van der Waals surface area contributed by atoms with Crippen LogP contribution in [-0.4, -0.2) is 19.6 Å². The zero-order valence-corrected chi connectivity index (χ0v) is 13.1. The van der Waals surface area contributed by atoms with Crippen molar-refractivity contribution in [2.75, 3.05) is 13.7 Å². The van der Waals surface area contributed by atoms with E-state index < -0.39 is 0 Å². The third-order valence-corrected chi connectivity index (χ3v) is 3.99. The first-order valence-electron chi connectivity index (χ1n) is 6.82. The van der Waals surface area contributed by atoms with Crippen LogP contribution in [0.5, 0.6) is 5.75 Å². The minimum absolute atomic E-state index is 0.0879. The molecule has 1 aromatic carbocycles. The summed E-state index contributed by atoms with van der Waals surface area (Å²) in [5, 5.41) is 4.93. The summed E-state index contributed by atoms with van der Waals surface area (Å²) in [6, 6.07) is 9.98. The van der Waals surface area contributed by atoms with Crippen molar-refractivity contribution in [3.8, 4) is 5.75 Å². The molecule has 1 amide bonds. The SMILES string of the molecule is COc1ccc(C)cc1/C=C/C(=O)NCCc1cccs1. The Labute approximate surface area is 129 Å². The number of hydrogen-bond donors (Lipinski definition) is 1. The molecule has 2 rings (SSSR count). The monoisotopic (exact) mass is 301 g/mol. The molecule has 1 heterocycles. The van der Waals surface area contributed by atoms with Crippen LogP contribution in [0.2, 0.25) is 0 Å². The van der Waals surface area contributed by atoms with Gasteiger partial charge in [0.1, 0.15) is 5.75 Å². The summed E-state index contributed by atoms with van der Waals surface area (Å²) in [7, 11) is 1.63. The first kappa shape index (κ1) is 15.3. The molecule has 21 heavy (non-hydrogen) atoms. The fraction of sp³-hybridized carbons (Fsp3) is 0.235. The summed E-state index contributed by atoms with van der Waals surface area (Å²) in [4.78, 5) is 13.1. The van der Waals surface area contributed by atoms with Crippen LogP contribution in [0.25, 0.3) is 6.08 Å². The summed E-state index contributed by atoms with van der Waals surface area (Å²) in [6.45, 7) is 2.66. The van der Waals surface area contributed by atoms with E-state index in [0.717, 1.165) is 23.3 Å². The highest BCUT2D eigenvalue weighted by atomic mass is 32.1. The minimum atomic E-state index is -0.0879. The second-order valence-corrected chi connectivity index (χ2v) is 5.73. The van der Waals surface area contributed by atoms with Gasteiger partial charge in [-0.05, 0) is 43.0 Å². The van der Waals surface area contributed by atoms with Gasteiger partial charge in [0.05, 0.1) is 7.11 Å². The first-order chi connectivity index (χ1) is 10.2. The zero-order chi connectivity index (χ0) is 15.1. The Morgan fingerprint density at radius 3 is 2.95 bits per heavy atom. The molecule has 0 spiro atoms. The van der Waals surface area contributed by atoms with Crippen molar-refractivity contribution >= 4 is 23.3 Å². The molecule has 0 aliphatic carbocycles. The summed E-state index contributed by atoms with van der Waals surface area (Å²) < 4.78 is 5.28. The summed E-state index contributed by atoms with van der Waals surface area (Å²) >= 11 is 1.71. The maximum absolute atomic E-state index is 11.8. The number of aryl methyl sites for hydroxylation is 1. The Bertz CT molecular complexity index is 618. The van der Waals surface area contributed by atoms with Gasteiger partial charge in [0, 0.05) is 23.1 Å². The van der Waals surface area contributed by atoms with Crippen molar-refractivity contribution in [3.63, 3.8) is 0 Å². The van der Waals surface area contributed by atoms with Crippen LogP contribution >= 0.6 is 11.3 Å². The van der Waals surface area contributed by atoms with Crippen molar-refractivity contribution in [1.29, 1.82) is 0 Å². The predicted octanol–water partition coefficient (Wildman–Crippen LogP) is 3.44. The number of nitrogens with one attached hydrogen (secondary N) is 1. The van der Waals surface area contributed by atoms with Crippen LogP contribution in [0.4, 0.5) is 0 Å². The molecule has 0 aliphatic heterocycles. The van der Waals surface area contributed by atoms with Crippen LogP contribution in [-0.2, 0) is 11.2 Å². The van der Waals surface area contributed by atoms with E-state index in [-0.39, 0.29) is 5.91 Å². The summed E-state index contributed by atoms with van der Waals surface area (Å²) in [5.74, 6) is 0.679. The molecule has 1 aromatic heterocycles. The number of carbonyl (C=O) groups is 1. The van der Waals surface area contributed by atoms with Crippen LogP contribution < -0.4 is 10.1 Å². The van der Waals surface area contributed by atoms with Gasteiger partial charge in [0.15, 0.2) is 0 Å². The molecule has 0 atom stereocenters. The average Bonchev–Trinajstić information content (AvgIpc) is 2.98. The van der Waals surface area contributed by atoms with E-state index in [1.807, 2.05) is 36.6 Å². The number of thiophene rings is 1.